The number of anilines is 2. The Morgan fingerprint density at radius 1 is 1.12 bits per heavy atom. The van der Waals surface area contributed by atoms with Crippen molar-refractivity contribution in [3.8, 4) is 34.3 Å². The zero-order chi connectivity index (χ0) is 29.2. The minimum absolute atomic E-state index is 0.0181. The standard InChI is InChI=1S/C30H34FN9O2/c1-5-39(6-2)12-14-41-25-15-20(7-8-23(25)31)28-21-17-33-27-16-24(21)40(37-28)19(3)10-13-42-30-22(18-34-38(30)4)29-32-11-9-26(35-27)36-29/h7-9,11,15-19H,5-6,10,12-14H2,1-4H3,(H,32,33,35,36)/t19-/m0/s1. The molecule has 0 fully saturated rings. The maximum absolute atomic E-state index is 14.8. The third kappa shape index (κ3) is 5.37. The van der Waals surface area contributed by atoms with Gasteiger partial charge in [-0.05, 0) is 44.3 Å². The number of ether oxygens (including phenoxy) is 2. The zero-order valence-electron chi connectivity index (χ0n) is 24.2. The number of halogens is 1. The Kier molecular flexibility index (Phi) is 7.70. The molecule has 5 aromatic rings. The maximum Gasteiger partial charge on any atom is 0.222 e. The third-order valence-corrected chi connectivity index (χ3v) is 7.58. The number of nitrogens with one attached hydrogen (secondary N) is 1. The topological polar surface area (TPSA) is 108 Å². The summed E-state index contributed by atoms with van der Waals surface area (Å²) in [4.78, 5) is 16.0. The average Bonchev–Trinajstić information content (AvgIpc) is 3.56. The molecule has 42 heavy (non-hydrogen) atoms. The number of hydrogen-bond donors (Lipinski definition) is 1. The summed E-state index contributed by atoms with van der Waals surface area (Å²) in [6.45, 7) is 9.69. The number of nitrogens with zero attached hydrogens (tertiary/aromatic N) is 8. The normalized spacial score (nSPS) is 14.9. The van der Waals surface area contributed by atoms with Crippen LogP contribution in [0, 0.1) is 5.82 Å². The minimum Gasteiger partial charge on any atom is -0.489 e. The monoisotopic (exact) mass is 571 g/mol. The molecule has 0 saturated heterocycles. The SMILES string of the molecule is CCN(CC)CCOc1cc(-c2nn3c4cc(ncc24)Nc2ccnc(n2)-c2cnn(C)c2OCC[C@@H]3C)ccc1F. The van der Waals surface area contributed by atoms with Gasteiger partial charge >= 0.3 is 0 Å². The van der Waals surface area contributed by atoms with Crippen molar-refractivity contribution in [3.63, 3.8) is 0 Å². The van der Waals surface area contributed by atoms with Crippen LogP contribution in [0.15, 0.2) is 48.9 Å². The van der Waals surface area contributed by atoms with Gasteiger partial charge in [-0.2, -0.15) is 10.2 Å². The van der Waals surface area contributed by atoms with E-state index in [0.717, 1.165) is 36.1 Å². The highest BCUT2D eigenvalue weighted by atomic mass is 19.1. The molecular weight excluding hydrogens is 537 g/mol. The van der Waals surface area contributed by atoms with E-state index in [1.54, 1.807) is 41.5 Å². The highest BCUT2D eigenvalue weighted by molar-refractivity contribution is 5.94. The van der Waals surface area contributed by atoms with E-state index >= 15 is 0 Å². The Labute approximate surface area is 243 Å². The van der Waals surface area contributed by atoms with Crippen molar-refractivity contribution >= 4 is 22.5 Å². The molecule has 0 saturated carbocycles. The van der Waals surface area contributed by atoms with Gasteiger partial charge in [0.2, 0.25) is 5.88 Å². The largest absolute Gasteiger partial charge is 0.489 e. The van der Waals surface area contributed by atoms with Crippen LogP contribution in [0.2, 0.25) is 0 Å². The molecule has 0 radical (unpaired) electrons. The van der Waals surface area contributed by atoms with Gasteiger partial charge in [-0.3, -0.25) is 4.68 Å². The van der Waals surface area contributed by atoms with Crippen molar-refractivity contribution < 1.29 is 13.9 Å². The predicted octanol–water partition coefficient (Wildman–Crippen LogP) is 5.24. The minimum atomic E-state index is -0.401. The fraction of sp³-hybridized carbons (Fsp3) is 0.367. The first kappa shape index (κ1) is 27.6. The third-order valence-electron chi connectivity index (χ3n) is 7.58. The lowest BCUT2D eigenvalue weighted by molar-refractivity contribution is 0.217. The van der Waals surface area contributed by atoms with E-state index < -0.39 is 5.82 Å². The van der Waals surface area contributed by atoms with Crippen molar-refractivity contribution in [2.45, 2.75) is 33.2 Å². The summed E-state index contributed by atoms with van der Waals surface area (Å²) < 4.78 is 30.5. The lowest BCUT2D eigenvalue weighted by Gasteiger charge is -2.18. The van der Waals surface area contributed by atoms with Crippen LogP contribution in [0.5, 0.6) is 11.6 Å². The highest BCUT2D eigenvalue weighted by Gasteiger charge is 2.21. The van der Waals surface area contributed by atoms with Crippen molar-refractivity contribution in [3.05, 3.63) is 54.7 Å². The molecule has 11 nitrogen and oxygen atoms in total. The molecule has 4 aromatic heterocycles. The summed E-state index contributed by atoms with van der Waals surface area (Å²) in [6.07, 6.45) is 5.86. The molecule has 12 heteroatoms. The molecule has 0 aliphatic carbocycles. The highest BCUT2D eigenvalue weighted by Crippen LogP contribution is 2.35. The fourth-order valence-electron chi connectivity index (χ4n) is 5.12. The van der Waals surface area contributed by atoms with Gasteiger partial charge in [0.25, 0.3) is 0 Å². The molecule has 6 rings (SSSR count). The fourth-order valence-corrected chi connectivity index (χ4v) is 5.12. The van der Waals surface area contributed by atoms with Crippen molar-refractivity contribution in [2.75, 3.05) is 38.2 Å². The van der Waals surface area contributed by atoms with Gasteiger partial charge in [0.15, 0.2) is 17.4 Å². The van der Waals surface area contributed by atoms with Gasteiger partial charge in [-0.1, -0.05) is 13.8 Å². The van der Waals surface area contributed by atoms with E-state index in [-0.39, 0.29) is 11.8 Å². The lowest BCUT2D eigenvalue weighted by Crippen LogP contribution is -2.28. The molecular formula is C30H34FN9O2. The van der Waals surface area contributed by atoms with Crippen LogP contribution in [0.3, 0.4) is 0 Å². The number of aryl methyl sites for hydroxylation is 1. The Morgan fingerprint density at radius 2 is 1.98 bits per heavy atom. The van der Waals surface area contributed by atoms with E-state index in [1.165, 1.54) is 6.07 Å². The maximum atomic E-state index is 14.8. The Bertz CT molecular complexity index is 1710. The van der Waals surface area contributed by atoms with Crippen molar-refractivity contribution in [1.82, 2.24) is 39.4 Å². The molecule has 1 aromatic carbocycles. The molecule has 5 heterocycles. The molecule has 0 spiro atoms. The molecule has 4 bridgehead atoms. The number of hydrogen-bond acceptors (Lipinski definition) is 9. The lowest BCUT2D eigenvalue weighted by atomic mass is 10.1. The molecule has 1 atom stereocenters. The van der Waals surface area contributed by atoms with Crippen LogP contribution in [0.25, 0.3) is 33.5 Å². The first-order valence-electron chi connectivity index (χ1n) is 14.2. The first-order chi connectivity index (χ1) is 20.4. The number of rotatable bonds is 7. The molecule has 0 amide bonds. The van der Waals surface area contributed by atoms with Crippen LogP contribution in [-0.4, -0.2) is 72.3 Å². The van der Waals surface area contributed by atoms with E-state index in [1.807, 2.05) is 17.8 Å². The van der Waals surface area contributed by atoms with Crippen molar-refractivity contribution in [2.24, 2.45) is 7.05 Å². The second-order valence-corrected chi connectivity index (χ2v) is 10.3. The number of benzene rings is 1. The van der Waals surface area contributed by atoms with Crippen LogP contribution < -0.4 is 14.8 Å². The average molecular weight is 572 g/mol. The summed E-state index contributed by atoms with van der Waals surface area (Å²) in [5.41, 5.74) is 3.05. The van der Waals surface area contributed by atoms with Gasteiger partial charge in [0, 0.05) is 49.4 Å². The molecule has 1 N–H and O–H groups in total. The summed E-state index contributed by atoms with van der Waals surface area (Å²) in [5.74, 6) is 2.11. The van der Waals surface area contributed by atoms with E-state index in [2.05, 4.69) is 51.0 Å². The summed E-state index contributed by atoms with van der Waals surface area (Å²) in [6, 6.07) is 8.60. The number of fused-ring (bicyclic) bond motifs is 5. The number of likely N-dealkylation sites (N-methyl/N-ethyl adjacent to an activating group) is 1. The summed E-state index contributed by atoms with van der Waals surface area (Å²) in [7, 11) is 1.83. The molecule has 0 unspecified atom stereocenters. The second kappa shape index (κ2) is 11.7. The zero-order valence-corrected chi connectivity index (χ0v) is 24.2. The van der Waals surface area contributed by atoms with Gasteiger partial charge in [0.05, 0.1) is 24.4 Å². The predicted molar refractivity (Wildman–Crippen MR) is 159 cm³/mol. The number of aromatic nitrogens is 7. The Hall–Kier alpha value is -4.58. The molecule has 1 aliphatic rings. The van der Waals surface area contributed by atoms with Gasteiger partial charge in [-0.25, -0.2) is 24.0 Å². The summed E-state index contributed by atoms with van der Waals surface area (Å²) in [5, 5.41) is 13.5. The van der Waals surface area contributed by atoms with Crippen LogP contribution in [-0.2, 0) is 7.05 Å². The van der Waals surface area contributed by atoms with Gasteiger partial charge < -0.3 is 19.7 Å². The van der Waals surface area contributed by atoms with Crippen LogP contribution in [0.4, 0.5) is 16.0 Å². The smallest absolute Gasteiger partial charge is 0.222 e. The number of pyridine rings is 1. The van der Waals surface area contributed by atoms with Gasteiger partial charge in [-0.15, -0.1) is 0 Å². The van der Waals surface area contributed by atoms with E-state index in [0.29, 0.717) is 54.2 Å². The summed E-state index contributed by atoms with van der Waals surface area (Å²) >= 11 is 0. The van der Waals surface area contributed by atoms with Crippen molar-refractivity contribution in [1.29, 1.82) is 0 Å². The van der Waals surface area contributed by atoms with E-state index in [9.17, 15) is 4.39 Å². The van der Waals surface area contributed by atoms with Crippen LogP contribution in [0.1, 0.15) is 33.2 Å². The Balaban J connectivity index is 1.38. The van der Waals surface area contributed by atoms with E-state index in [4.69, 9.17) is 14.6 Å². The quantitative estimate of drug-likeness (QED) is 0.281. The molecule has 218 valence electrons. The van der Waals surface area contributed by atoms with Gasteiger partial charge in [0.1, 0.15) is 29.5 Å². The molecule has 1 aliphatic heterocycles. The Morgan fingerprint density at radius 3 is 2.81 bits per heavy atom. The first-order valence-corrected chi connectivity index (χ1v) is 14.2. The second-order valence-electron chi connectivity index (χ2n) is 10.3. The van der Waals surface area contributed by atoms with Crippen LogP contribution >= 0.6 is 0 Å².